The lowest BCUT2D eigenvalue weighted by molar-refractivity contribution is -0.0622. The minimum Gasteiger partial charge on any atom is -0.495 e. The highest BCUT2D eigenvalue weighted by atomic mass is 16.5. The van der Waals surface area contributed by atoms with Crippen LogP contribution >= 0.6 is 0 Å². The maximum atomic E-state index is 13.4. The first kappa shape index (κ1) is 21.2. The Balaban J connectivity index is 1.40. The molecule has 3 aliphatic heterocycles. The molecule has 2 N–H and O–H groups in total. The number of ether oxygens (including phenoxy) is 2. The predicted octanol–water partition coefficient (Wildman–Crippen LogP) is 3.30. The summed E-state index contributed by atoms with van der Waals surface area (Å²) in [6.45, 7) is 3.30. The smallest absolute Gasteiger partial charge is 0.326 e. The van der Waals surface area contributed by atoms with Crippen molar-refractivity contribution in [1.29, 1.82) is 0 Å². The first-order valence-electron chi connectivity index (χ1n) is 11.5. The zero-order valence-corrected chi connectivity index (χ0v) is 18.4. The molecule has 5 rings (SSSR count). The summed E-state index contributed by atoms with van der Waals surface area (Å²) in [7, 11) is 1.60. The van der Waals surface area contributed by atoms with E-state index in [1.807, 2.05) is 47.4 Å². The van der Waals surface area contributed by atoms with Crippen molar-refractivity contribution >= 4 is 17.4 Å². The predicted molar refractivity (Wildman–Crippen MR) is 123 cm³/mol. The molecule has 2 aromatic carbocycles. The SMILES string of the molecule is COc1ccccc1NC(=O)N1C[C@@H]2[C@H](c3ccccc31)[C@@H](CO)N2CC1CCOCC1. The van der Waals surface area contributed by atoms with E-state index in [0.717, 1.165) is 43.9 Å². The van der Waals surface area contributed by atoms with E-state index in [-0.39, 0.29) is 30.6 Å². The van der Waals surface area contributed by atoms with Gasteiger partial charge in [0.15, 0.2) is 0 Å². The molecule has 0 unspecified atom stereocenters. The third kappa shape index (κ3) is 3.74. The molecule has 0 saturated carbocycles. The van der Waals surface area contributed by atoms with Gasteiger partial charge in [0.05, 0.1) is 19.4 Å². The molecule has 2 fully saturated rings. The minimum atomic E-state index is -0.168. The van der Waals surface area contributed by atoms with Gasteiger partial charge >= 0.3 is 6.03 Å². The van der Waals surface area contributed by atoms with Gasteiger partial charge in [0.25, 0.3) is 0 Å². The van der Waals surface area contributed by atoms with Crippen LogP contribution in [-0.4, -0.2) is 68.1 Å². The average molecular weight is 438 g/mol. The fourth-order valence-electron chi connectivity index (χ4n) is 5.59. The normalized spacial score (nSPS) is 25.4. The van der Waals surface area contributed by atoms with E-state index in [1.165, 1.54) is 0 Å². The first-order chi connectivity index (χ1) is 15.7. The number of hydrogen-bond donors (Lipinski definition) is 2. The molecule has 0 aromatic heterocycles. The van der Waals surface area contributed by atoms with Gasteiger partial charge in [-0.2, -0.15) is 0 Å². The fourth-order valence-corrected chi connectivity index (χ4v) is 5.59. The van der Waals surface area contributed by atoms with E-state index in [9.17, 15) is 9.90 Å². The maximum absolute atomic E-state index is 13.4. The molecule has 170 valence electrons. The summed E-state index contributed by atoms with van der Waals surface area (Å²) < 4.78 is 10.9. The van der Waals surface area contributed by atoms with Crippen molar-refractivity contribution in [1.82, 2.24) is 4.90 Å². The molecular weight excluding hydrogens is 406 g/mol. The highest BCUT2D eigenvalue weighted by Crippen LogP contribution is 2.48. The van der Waals surface area contributed by atoms with E-state index in [1.54, 1.807) is 7.11 Å². The van der Waals surface area contributed by atoms with Crippen molar-refractivity contribution in [2.75, 3.05) is 50.2 Å². The Morgan fingerprint density at radius 2 is 1.91 bits per heavy atom. The van der Waals surface area contributed by atoms with Gasteiger partial charge in [-0.15, -0.1) is 0 Å². The zero-order chi connectivity index (χ0) is 22.1. The summed E-state index contributed by atoms with van der Waals surface area (Å²) in [6.07, 6.45) is 2.11. The van der Waals surface area contributed by atoms with Crippen LogP contribution in [0.3, 0.4) is 0 Å². The Labute approximate surface area is 188 Å². The van der Waals surface area contributed by atoms with Gasteiger partial charge in [-0.25, -0.2) is 4.79 Å². The van der Waals surface area contributed by atoms with Crippen molar-refractivity contribution in [3.8, 4) is 5.75 Å². The number of anilines is 2. The topological polar surface area (TPSA) is 74.3 Å². The number of hydrogen-bond acceptors (Lipinski definition) is 5. The van der Waals surface area contributed by atoms with Gasteiger partial charge < -0.3 is 19.9 Å². The number of fused-ring (bicyclic) bond motifs is 3. The van der Waals surface area contributed by atoms with Crippen molar-refractivity contribution in [3.05, 3.63) is 54.1 Å². The number of aliphatic hydroxyl groups excluding tert-OH is 1. The number of amides is 2. The third-order valence-corrected chi connectivity index (χ3v) is 7.23. The lowest BCUT2D eigenvalue weighted by Crippen LogP contribution is -2.70. The van der Waals surface area contributed by atoms with Crippen LogP contribution in [0.2, 0.25) is 0 Å². The van der Waals surface area contributed by atoms with Crippen molar-refractivity contribution in [2.45, 2.75) is 30.8 Å². The van der Waals surface area contributed by atoms with Crippen molar-refractivity contribution < 1.29 is 19.4 Å². The van der Waals surface area contributed by atoms with Gasteiger partial charge in [0.2, 0.25) is 0 Å². The number of carbonyl (C=O) groups is 1. The molecule has 0 radical (unpaired) electrons. The van der Waals surface area contributed by atoms with Crippen LogP contribution in [0.15, 0.2) is 48.5 Å². The zero-order valence-electron chi connectivity index (χ0n) is 18.4. The molecule has 3 heterocycles. The highest BCUT2D eigenvalue weighted by Gasteiger charge is 2.53. The lowest BCUT2D eigenvalue weighted by atomic mass is 9.71. The number of nitrogens with zero attached hydrogens (tertiary/aromatic N) is 2. The molecule has 0 aliphatic carbocycles. The summed E-state index contributed by atoms with van der Waals surface area (Å²) in [4.78, 5) is 17.7. The standard InChI is InChI=1S/C25H31N3O4/c1-31-23-9-5-3-7-19(23)26-25(30)28-15-21-24(18-6-2-4-8-20(18)28)22(16-29)27(21)14-17-10-12-32-13-11-17/h2-9,17,21-22,24,29H,10-16H2,1H3,(H,26,30)/t21-,22-,24+/m1/s1. The molecule has 3 atom stereocenters. The van der Waals surface area contributed by atoms with Crippen LogP contribution in [0.25, 0.3) is 0 Å². The number of likely N-dealkylation sites (tertiary alicyclic amines) is 1. The number of rotatable bonds is 5. The average Bonchev–Trinajstić information content (AvgIpc) is 2.83. The van der Waals surface area contributed by atoms with Crippen LogP contribution in [-0.2, 0) is 4.74 Å². The first-order valence-corrected chi connectivity index (χ1v) is 11.5. The largest absolute Gasteiger partial charge is 0.495 e. The Morgan fingerprint density at radius 3 is 2.69 bits per heavy atom. The second kappa shape index (κ2) is 9.10. The van der Waals surface area contributed by atoms with Crippen LogP contribution in [0, 0.1) is 5.92 Å². The third-order valence-electron chi connectivity index (χ3n) is 7.23. The number of urea groups is 1. The summed E-state index contributed by atoms with van der Waals surface area (Å²) in [5, 5.41) is 13.2. The maximum Gasteiger partial charge on any atom is 0.326 e. The molecule has 32 heavy (non-hydrogen) atoms. The van der Waals surface area contributed by atoms with Crippen LogP contribution in [0.5, 0.6) is 5.75 Å². The van der Waals surface area contributed by atoms with Crippen LogP contribution in [0.1, 0.15) is 24.3 Å². The summed E-state index contributed by atoms with van der Waals surface area (Å²) in [5.41, 5.74) is 2.71. The van der Waals surface area contributed by atoms with Crippen molar-refractivity contribution in [3.63, 3.8) is 0 Å². The number of benzene rings is 2. The second-order valence-corrected chi connectivity index (χ2v) is 8.90. The highest BCUT2D eigenvalue weighted by molar-refractivity contribution is 6.03. The molecule has 0 spiro atoms. The Hall–Kier alpha value is -2.61. The molecule has 0 bridgehead atoms. The fraction of sp³-hybridized carbons (Fsp3) is 0.480. The van der Waals surface area contributed by atoms with E-state index in [2.05, 4.69) is 16.3 Å². The Morgan fingerprint density at radius 1 is 1.16 bits per heavy atom. The van der Waals surface area contributed by atoms with Gasteiger partial charge in [0, 0.05) is 50.0 Å². The van der Waals surface area contributed by atoms with Crippen LogP contribution < -0.4 is 15.0 Å². The van der Waals surface area contributed by atoms with Gasteiger partial charge in [0.1, 0.15) is 5.75 Å². The number of methoxy groups -OCH3 is 1. The number of carbonyl (C=O) groups excluding carboxylic acids is 1. The molecule has 2 saturated heterocycles. The number of aliphatic hydroxyl groups is 1. The van der Waals surface area contributed by atoms with E-state index < -0.39 is 0 Å². The van der Waals surface area contributed by atoms with Crippen molar-refractivity contribution in [2.24, 2.45) is 5.92 Å². The summed E-state index contributed by atoms with van der Waals surface area (Å²) in [6, 6.07) is 15.7. The molecule has 3 aliphatic rings. The van der Waals surface area contributed by atoms with E-state index in [4.69, 9.17) is 9.47 Å². The summed E-state index contributed by atoms with van der Waals surface area (Å²) in [5.74, 6) is 1.45. The minimum absolute atomic E-state index is 0.100. The second-order valence-electron chi connectivity index (χ2n) is 8.90. The van der Waals surface area contributed by atoms with E-state index in [0.29, 0.717) is 23.9 Å². The molecule has 2 aromatic rings. The van der Waals surface area contributed by atoms with E-state index >= 15 is 0 Å². The summed E-state index contributed by atoms with van der Waals surface area (Å²) >= 11 is 0. The molecule has 7 nitrogen and oxygen atoms in total. The van der Waals surface area contributed by atoms with Gasteiger partial charge in [-0.1, -0.05) is 30.3 Å². The van der Waals surface area contributed by atoms with Crippen LogP contribution in [0.4, 0.5) is 16.2 Å². The quantitative estimate of drug-likeness (QED) is 0.751. The van der Waals surface area contributed by atoms with Gasteiger partial charge in [-0.3, -0.25) is 9.80 Å². The number of para-hydroxylation sites is 3. The Bertz CT molecular complexity index is 962. The van der Waals surface area contributed by atoms with Gasteiger partial charge in [-0.05, 0) is 42.5 Å². The number of nitrogens with one attached hydrogen (secondary N) is 1. The molecular formula is C25H31N3O4. The molecule has 7 heteroatoms. The monoisotopic (exact) mass is 437 g/mol. The molecule has 2 amide bonds. The Kier molecular flexibility index (Phi) is 6.04. The lowest BCUT2D eigenvalue weighted by Gasteiger charge is -2.59.